The monoisotopic (exact) mass is 421 g/mol. The average Bonchev–Trinajstić information content (AvgIpc) is 3.46. The summed E-state index contributed by atoms with van der Waals surface area (Å²) in [4.78, 5) is 16.6. The van der Waals surface area contributed by atoms with Crippen LogP contribution in [0.15, 0.2) is 64.4 Å². The molecule has 2 aromatic carbocycles. The average molecular weight is 422 g/mol. The van der Waals surface area contributed by atoms with E-state index in [0.29, 0.717) is 23.7 Å². The normalized spacial score (nSPS) is 29.4. The molecule has 5 heteroatoms. The van der Waals surface area contributed by atoms with E-state index in [9.17, 15) is 4.79 Å². The van der Waals surface area contributed by atoms with E-state index >= 15 is 0 Å². The zero-order chi connectivity index (χ0) is 19.4. The first-order valence-electron chi connectivity index (χ1n) is 10.4. The summed E-state index contributed by atoms with van der Waals surface area (Å²) in [6.45, 7) is 0.582. The number of aromatic nitrogens is 1. The van der Waals surface area contributed by atoms with Gasteiger partial charge < -0.3 is 9.72 Å². The van der Waals surface area contributed by atoms with E-state index < -0.39 is 0 Å². The van der Waals surface area contributed by atoms with Gasteiger partial charge in [-0.1, -0.05) is 53.8 Å². The molecule has 3 nitrogen and oxygen atoms in total. The van der Waals surface area contributed by atoms with Gasteiger partial charge >= 0.3 is 4.87 Å². The Morgan fingerprint density at radius 1 is 1.00 bits per heavy atom. The predicted molar refractivity (Wildman–Crippen MR) is 118 cm³/mol. The number of rotatable bonds is 4. The fraction of sp³-hybridized carbons (Fsp3) is 0.375. The Morgan fingerprint density at radius 2 is 1.79 bits per heavy atom. The van der Waals surface area contributed by atoms with Crippen LogP contribution in [0.2, 0.25) is 0 Å². The summed E-state index contributed by atoms with van der Waals surface area (Å²) in [6, 6.07) is 18.9. The maximum absolute atomic E-state index is 12.1. The van der Waals surface area contributed by atoms with E-state index in [0.717, 1.165) is 22.6 Å². The molecular formula is C24H23NO2S2. The van der Waals surface area contributed by atoms with E-state index in [4.69, 9.17) is 4.74 Å². The van der Waals surface area contributed by atoms with Crippen LogP contribution in [0.5, 0.6) is 5.75 Å². The number of ether oxygens (including phenoxy) is 1. The first-order chi connectivity index (χ1) is 14.3. The lowest BCUT2D eigenvalue weighted by molar-refractivity contribution is 0.302. The largest absolute Gasteiger partial charge is 0.489 e. The molecule has 148 valence electrons. The lowest BCUT2D eigenvalue weighted by atomic mass is 9.75. The van der Waals surface area contributed by atoms with Gasteiger partial charge in [0.05, 0.1) is 5.03 Å². The summed E-state index contributed by atoms with van der Waals surface area (Å²) >= 11 is 3.37. The molecule has 2 fully saturated rings. The minimum atomic E-state index is 0.0858. The second-order valence-corrected chi connectivity index (χ2v) is 10.7. The van der Waals surface area contributed by atoms with Gasteiger partial charge in [0.1, 0.15) is 12.4 Å². The van der Waals surface area contributed by atoms with Crippen molar-refractivity contribution >= 4 is 23.1 Å². The van der Waals surface area contributed by atoms with Crippen molar-refractivity contribution in [1.82, 2.24) is 4.98 Å². The summed E-state index contributed by atoms with van der Waals surface area (Å²) in [5.41, 5.74) is 2.50. The molecule has 0 unspecified atom stereocenters. The first kappa shape index (κ1) is 17.8. The highest BCUT2D eigenvalue weighted by Crippen LogP contribution is 2.63. The molecule has 2 saturated carbocycles. The maximum atomic E-state index is 12.1. The van der Waals surface area contributed by atoms with Crippen LogP contribution in [0.1, 0.15) is 41.2 Å². The fourth-order valence-corrected chi connectivity index (χ4v) is 8.63. The van der Waals surface area contributed by atoms with E-state index in [-0.39, 0.29) is 4.87 Å². The minimum absolute atomic E-state index is 0.0858. The van der Waals surface area contributed by atoms with Crippen molar-refractivity contribution in [2.45, 2.75) is 42.1 Å². The van der Waals surface area contributed by atoms with E-state index in [2.05, 4.69) is 41.4 Å². The van der Waals surface area contributed by atoms with Crippen molar-refractivity contribution in [3.05, 3.63) is 80.3 Å². The zero-order valence-electron chi connectivity index (χ0n) is 16.0. The number of hydrogen-bond donors (Lipinski definition) is 1. The van der Waals surface area contributed by atoms with Crippen LogP contribution >= 0.6 is 23.1 Å². The summed E-state index contributed by atoms with van der Waals surface area (Å²) < 4.78 is 5.99. The molecule has 2 heterocycles. The van der Waals surface area contributed by atoms with Crippen molar-refractivity contribution in [1.29, 1.82) is 0 Å². The molecule has 3 aliphatic rings. The number of hydrogen-bond acceptors (Lipinski definition) is 4. The molecule has 1 aliphatic heterocycles. The molecule has 29 heavy (non-hydrogen) atoms. The predicted octanol–water partition coefficient (Wildman–Crippen LogP) is 5.67. The van der Waals surface area contributed by atoms with Crippen molar-refractivity contribution in [3.8, 4) is 5.75 Å². The smallest absolute Gasteiger partial charge is 0.305 e. The van der Waals surface area contributed by atoms with Gasteiger partial charge in [-0.05, 0) is 60.3 Å². The van der Waals surface area contributed by atoms with Crippen LogP contribution in [0.25, 0.3) is 0 Å². The SMILES string of the molecule is O=c1[nH]c2c(s1)[C@H](c1ccc(OCc3ccccc3)cc1)[C@H]1[C@H]3CC[C@@H](C3)[C@@H]1S2. The van der Waals surface area contributed by atoms with Gasteiger partial charge in [-0.15, -0.1) is 11.8 Å². The van der Waals surface area contributed by atoms with Crippen LogP contribution in [-0.4, -0.2) is 10.2 Å². The first-order valence-corrected chi connectivity index (χ1v) is 12.1. The van der Waals surface area contributed by atoms with Crippen LogP contribution < -0.4 is 9.61 Å². The van der Waals surface area contributed by atoms with Crippen LogP contribution in [-0.2, 0) is 6.61 Å². The molecule has 0 spiro atoms. The van der Waals surface area contributed by atoms with Crippen molar-refractivity contribution < 1.29 is 4.74 Å². The highest BCUT2D eigenvalue weighted by molar-refractivity contribution is 8.00. The second-order valence-electron chi connectivity index (χ2n) is 8.52. The van der Waals surface area contributed by atoms with Crippen molar-refractivity contribution in [2.75, 3.05) is 0 Å². The number of thioether (sulfide) groups is 1. The zero-order valence-corrected chi connectivity index (χ0v) is 17.7. The molecule has 0 radical (unpaired) electrons. The van der Waals surface area contributed by atoms with Crippen LogP contribution in [0.3, 0.4) is 0 Å². The highest BCUT2D eigenvalue weighted by atomic mass is 32.2. The third-order valence-electron chi connectivity index (χ3n) is 6.95. The topological polar surface area (TPSA) is 42.1 Å². The van der Waals surface area contributed by atoms with Gasteiger partial charge in [0.25, 0.3) is 0 Å². The Morgan fingerprint density at radius 3 is 2.62 bits per heavy atom. The number of fused-ring (bicyclic) bond motifs is 6. The van der Waals surface area contributed by atoms with E-state index in [1.54, 1.807) is 0 Å². The summed E-state index contributed by atoms with van der Waals surface area (Å²) in [7, 11) is 0. The Hall–Kier alpha value is -1.98. The molecule has 6 rings (SSSR count). The molecule has 0 amide bonds. The molecule has 1 aromatic heterocycles. The molecule has 5 atom stereocenters. The molecule has 3 aromatic rings. The number of thiazole rings is 1. The Bertz CT molecular complexity index is 1070. The highest BCUT2D eigenvalue weighted by Gasteiger charge is 2.54. The molecule has 2 bridgehead atoms. The molecule has 2 aliphatic carbocycles. The molecule has 0 saturated heterocycles. The maximum Gasteiger partial charge on any atom is 0.305 e. The quantitative estimate of drug-likeness (QED) is 0.590. The molecule has 1 N–H and O–H groups in total. The van der Waals surface area contributed by atoms with Gasteiger partial charge in [-0.25, -0.2) is 0 Å². The Kier molecular flexibility index (Phi) is 4.35. The number of benzene rings is 2. The third kappa shape index (κ3) is 3.06. The minimum Gasteiger partial charge on any atom is -0.489 e. The summed E-state index contributed by atoms with van der Waals surface area (Å²) in [5.74, 6) is 3.53. The van der Waals surface area contributed by atoms with Gasteiger partial charge in [0.15, 0.2) is 0 Å². The Labute approximate surface area is 178 Å². The van der Waals surface area contributed by atoms with Gasteiger partial charge in [0.2, 0.25) is 0 Å². The lowest BCUT2D eigenvalue weighted by Crippen LogP contribution is -2.33. The third-order valence-corrected chi connectivity index (χ3v) is 9.58. The van der Waals surface area contributed by atoms with E-state index in [1.165, 1.54) is 46.6 Å². The standard InChI is InChI=1S/C24H23NO2S2/c26-24-25-23-22(29-24)19(20-16-6-7-17(12-16)21(20)28-23)15-8-10-18(11-9-15)27-13-14-4-2-1-3-5-14/h1-5,8-11,16-17,19-21H,6-7,12-13H2,(H,25,26)/t16-,17-,19+,20+,21-/m0/s1. The number of nitrogens with one attached hydrogen (secondary N) is 1. The summed E-state index contributed by atoms with van der Waals surface area (Å²) in [6.07, 6.45) is 4.09. The van der Waals surface area contributed by atoms with Crippen molar-refractivity contribution in [2.24, 2.45) is 17.8 Å². The molecular weight excluding hydrogens is 398 g/mol. The van der Waals surface area contributed by atoms with Gasteiger partial charge in [0, 0.05) is 16.0 Å². The van der Waals surface area contributed by atoms with Crippen LogP contribution in [0.4, 0.5) is 0 Å². The Balaban J connectivity index is 1.30. The van der Waals surface area contributed by atoms with Crippen molar-refractivity contribution in [3.63, 3.8) is 0 Å². The summed E-state index contributed by atoms with van der Waals surface area (Å²) in [5, 5.41) is 1.79. The van der Waals surface area contributed by atoms with E-state index in [1.807, 2.05) is 30.0 Å². The lowest BCUT2D eigenvalue weighted by Gasteiger charge is -2.40. The van der Waals surface area contributed by atoms with Gasteiger partial charge in [-0.3, -0.25) is 4.79 Å². The van der Waals surface area contributed by atoms with Gasteiger partial charge in [-0.2, -0.15) is 0 Å². The second kappa shape index (κ2) is 7.06. The number of H-pyrrole nitrogens is 1. The number of aromatic amines is 1. The van der Waals surface area contributed by atoms with Crippen LogP contribution in [0, 0.1) is 17.8 Å². The fourth-order valence-electron chi connectivity index (χ4n) is 5.73.